The van der Waals surface area contributed by atoms with Gasteiger partial charge >= 0.3 is 11.9 Å². The van der Waals surface area contributed by atoms with Gasteiger partial charge in [0, 0.05) is 41.8 Å². The quantitative estimate of drug-likeness (QED) is 0.275. The van der Waals surface area contributed by atoms with Gasteiger partial charge in [-0.05, 0) is 25.8 Å². The molecule has 0 saturated carbocycles. The topological polar surface area (TPSA) is 130 Å². The number of aromatic carboxylic acids is 1. The van der Waals surface area contributed by atoms with E-state index in [1.54, 1.807) is 18.5 Å². The van der Waals surface area contributed by atoms with E-state index in [0.717, 1.165) is 6.07 Å². The molecule has 0 bridgehead atoms. The van der Waals surface area contributed by atoms with Crippen LogP contribution in [0.15, 0.2) is 46.2 Å². The van der Waals surface area contributed by atoms with E-state index < -0.39 is 34.6 Å². The van der Waals surface area contributed by atoms with Crippen molar-refractivity contribution in [3.8, 4) is 0 Å². The lowest BCUT2D eigenvalue weighted by Crippen LogP contribution is -2.42. The van der Waals surface area contributed by atoms with Gasteiger partial charge in [0.2, 0.25) is 5.95 Å². The first kappa shape index (κ1) is 28.8. The number of thiazole rings is 1. The molecule has 0 amide bonds. The molecule has 41 heavy (non-hydrogen) atoms. The third kappa shape index (κ3) is 5.74. The number of carboxylic acid groups (broad SMARTS) is 1. The van der Waals surface area contributed by atoms with Crippen molar-refractivity contribution >= 4 is 58.3 Å². The zero-order chi connectivity index (χ0) is 29.3. The Bertz CT molecular complexity index is 1560. The average Bonchev–Trinajstić information content (AvgIpc) is 3.51. The van der Waals surface area contributed by atoms with E-state index in [9.17, 15) is 23.5 Å². The Kier molecular flexibility index (Phi) is 8.47. The number of carbonyl (C=O) groups excluding carboxylic acids is 1. The summed E-state index contributed by atoms with van der Waals surface area (Å²) in [6.45, 7) is 2.59. The number of piperidine rings is 1. The van der Waals surface area contributed by atoms with Crippen LogP contribution >= 0.6 is 34.5 Å². The zero-order valence-corrected chi connectivity index (χ0v) is 23.7. The molecular weight excluding hydrogens is 601 g/mol. The van der Waals surface area contributed by atoms with Crippen LogP contribution in [-0.4, -0.2) is 57.5 Å². The second-order valence-electron chi connectivity index (χ2n) is 9.09. The van der Waals surface area contributed by atoms with Gasteiger partial charge in [-0.2, -0.15) is 0 Å². The van der Waals surface area contributed by atoms with Crippen molar-refractivity contribution in [3.63, 3.8) is 0 Å². The highest BCUT2D eigenvalue weighted by atomic mass is 35.5. The summed E-state index contributed by atoms with van der Waals surface area (Å²) >= 11 is 13.5. The third-order valence-corrected chi connectivity index (χ3v) is 8.13. The Labute approximate surface area is 246 Å². The summed E-state index contributed by atoms with van der Waals surface area (Å²) in [4.78, 5) is 44.0. The molecule has 0 radical (unpaired) electrons. The van der Waals surface area contributed by atoms with Crippen molar-refractivity contribution < 1.29 is 28.2 Å². The minimum Gasteiger partial charge on any atom is -0.476 e. The van der Waals surface area contributed by atoms with Crippen LogP contribution in [0.2, 0.25) is 10.0 Å². The molecule has 4 heterocycles. The number of esters is 1. The first-order valence-electron chi connectivity index (χ1n) is 12.5. The molecular formula is C26H22Cl2F2N6O4S. The Morgan fingerprint density at radius 1 is 1.22 bits per heavy atom. The predicted molar refractivity (Wildman–Crippen MR) is 148 cm³/mol. The highest BCUT2D eigenvalue weighted by molar-refractivity contribution is 7.11. The number of carboxylic acids is 1. The molecule has 2 aromatic heterocycles. The van der Waals surface area contributed by atoms with Crippen LogP contribution in [0.25, 0.3) is 0 Å². The number of nitrogens with one attached hydrogen (secondary N) is 1. The number of ether oxygens (including phenoxy) is 1. The molecule has 5 rings (SSSR count). The molecule has 214 valence electrons. The summed E-state index contributed by atoms with van der Waals surface area (Å²) in [5.74, 6) is -3.95. The van der Waals surface area contributed by atoms with Crippen molar-refractivity contribution in [2.75, 3.05) is 24.6 Å². The number of carbonyl (C=O) groups is 2. The lowest BCUT2D eigenvalue weighted by molar-refractivity contribution is -0.139. The standard InChI is InChI=1S/C26H22Cl2F2N6O4S/c1-2-40-25(39)16-19(12-5-8-36(9-6-12)26-32-11-14(27)21(35-26)24(37)38)33-22(23-31-7-10-41-23)34-20(16)13-3-4-15(29)18(30)17(13)28/h3-4,7,10-12,20H,2,5-6,8-9H2,1H3,(H,33,34)(H,37,38). The van der Waals surface area contributed by atoms with Gasteiger partial charge in [-0.3, -0.25) is 4.99 Å². The number of hydrogen-bond donors (Lipinski definition) is 2. The molecule has 2 aliphatic rings. The Morgan fingerprint density at radius 2 is 1.98 bits per heavy atom. The molecule has 2 aliphatic heterocycles. The van der Waals surface area contributed by atoms with Crippen LogP contribution in [0.4, 0.5) is 14.7 Å². The van der Waals surface area contributed by atoms with Crippen LogP contribution in [0.1, 0.15) is 46.9 Å². The van der Waals surface area contributed by atoms with E-state index in [4.69, 9.17) is 27.9 Å². The van der Waals surface area contributed by atoms with Gasteiger partial charge in [-0.15, -0.1) is 11.3 Å². The molecule has 0 spiro atoms. The predicted octanol–water partition coefficient (Wildman–Crippen LogP) is 5.04. The fourth-order valence-corrected chi connectivity index (χ4v) is 5.79. The largest absolute Gasteiger partial charge is 0.476 e. The number of anilines is 1. The molecule has 1 atom stereocenters. The monoisotopic (exact) mass is 622 g/mol. The van der Waals surface area contributed by atoms with Crippen molar-refractivity contribution in [1.82, 2.24) is 20.3 Å². The number of nitrogens with zero attached hydrogens (tertiary/aromatic N) is 5. The maximum atomic E-state index is 14.6. The molecule has 1 aromatic carbocycles. The second kappa shape index (κ2) is 12.0. The smallest absolute Gasteiger partial charge is 0.356 e. The van der Waals surface area contributed by atoms with Gasteiger partial charge in [0.15, 0.2) is 28.2 Å². The Morgan fingerprint density at radius 3 is 2.63 bits per heavy atom. The molecule has 15 heteroatoms. The molecule has 1 unspecified atom stereocenters. The lowest BCUT2D eigenvalue weighted by Gasteiger charge is -2.36. The maximum Gasteiger partial charge on any atom is 0.356 e. The number of amidine groups is 1. The first-order chi connectivity index (χ1) is 19.7. The van der Waals surface area contributed by atoms with Gasteiger partial charge in [0.25, 0.3) is 0 Å². The molecule has 1 saturated heterocycles. The number of aliphatic imine (C=N–C) groups is 1. The van der Waals surface area contributed by atoms with Crippen LogP contribution in [-0.2, 0) is 9.53 Å². The molecule has 10 nitrogen and oxygen atoms in total. The van der Waals surface area contributed by atoms with E-state index in [-0.39, 0.29) is 40.3 Å². The van der Waals surface area contributed by atoms with Gasteiger partial charge in [0.05, 0.1) is 28.4 Å². The Hall–Kier alpha value is -3.68. The van der Waals surface area contributed by atoms with E-state index >= 15 is 0 Å². The van der Waals surface area contributed by atoms with Crippen LogP contribution in [0.3, 0.4) is 0 Å². The third-order valence-electron chi connectivity index (χ3n) is 6.68. The normalized spacial score (nSPS) is 17.7. The van der Waals surface area contributed by atoms with Crippen molar-refractivity contribution in [3.05, 3.63) is 79.1 Å². The van der Waals surface area contributed by atoms with Gasteiger partial charge in [-0.25, -0.2) is 33.3 Å². The number of allylic oxidation sites excluding steroid dienone is 1. The zero-order valence-electron chi connectivity index (χ0n) is 21.4. The maximum absolute atomic E-state index is 14.6. The van der Waals surface area contributed by atoms with Crippen LogP contribution in [0, 0.1) is 17.6 Å². The van der Waals surface area contributed by atoms with E-state index in [2.05, 4.69) is 25.3 Å². The second-order valence-corrected chi connectivity index (χ2v) is 10.8. The summed E-state index contributed by atoms with van der Waals surface area (Å²) in [5.41, 5.74) is 0.456. The van der Waals surface area contributed by atoms with Gasteiger partial charge in [0.1, 0.15) is 6.04 Å². The van der Waals surface area contributed by atoms with Crippen molar-refractivity contribution in [2.45, 2.75) is 25.8 Å². The highest BCUT2D eigenvalue weighted by Crippen LogP contribution is 2.41. The van der Waals surface area contributed by atoms with Gasteiger partial charge in [-0.1, -0.05) is 29.3 Å². The van der Waals surface area contributed by atoms with E-state index in [1.807, 2.05) is 4.90 Å². The summed E-state index contributed by atoms with van der Waals surface area (Å²) in [6, 6.07) is 1.15. The number of aromatic nitrogens is 3. The number of hydrogen-bond acceptors (Lipinski definition) is 10. The highest BCUT2D eigenvalue weighted by Gasteiger charge is 2.38. The average molecular weight is 623 g/mol. The molecule has 0 aliphatic carbocycles. The number of halogens is 4. The Balaban J connectivity index is 1.54. The van der Waals surface area contributed by atoms with E-state index in [0.29, 0.717) is 42.5 Å². The minimum absolute atomic E-state index is 0.0669. The number of rotatable bonds is 7. The fourth-order valence-electron chi connectivity index (χ4n) is 4.77. The summed E-state index contributed by atoms with van der Waals surface area (Å²) in [5, 5.41) is 14.4. The number of benzene rings is 1. The van der Waals surface area contributed by atoms with Gasteiger partial charge < -0.3 is 20.1 Å². The first-order valence-corrected chi connectivity index (χ1v) is 14.1. The van der Waals surface area contributed by atoms with Crippen LogP contribution in [0.5, 0.6) is 0 Å². The minimum atomic E-state index is -1.26. The molecule has 2 N–H and O–H groups in total. The fraction of sp³-hybridized carbons (Fsp3) is 0.308. The van der Waals surface area contributed by atoms with Crippen molar-refractivity contribution in [2.24, 2.45) is 10.9 Å². The summed E-state index contributed by atoms with van der Waals surface area (Å²) in [6.07, 6.45) is 3.85. The van der Waals surface area contributed by atoms with Crippen molar-refractivity contribution in [1.29, 1.82) is 0 Å². The summed E-state index contributed by atoms with van der Waals surface area (Å²) < 4.78 is 33.9. The van der Waals surface area contributed by atoms with E-state index in [1.165, 1.54) is 23.6 Å². The SMILES string of the molecule is CCOC(=O)C1=C(C2CCN(c3ncc(Cl)c(C(=O)O)n3)CC2)NC(c2nccs2)=NC1c1ccc(F)c(F)c1Cl. The lowest BCUT2D eigenvalue weighted by atomic mass is 9.85. The summed E-state index contributed by atoms with van der Waals surface area (Å²) in [7, 11) is 0. The van der Waals surface area contributed by atoms with Crippen LogP contribution < -0.4 is 10.2 Å². The molecule has 3 aromatic rings. The molecule has 1 fully saturated rings.